The van der Waals surface area contributed by atoms with E-state index in [4.69, 9.17) is 0 Å². The van der Waals surface area contributed by atoms with Gasteiger partial charge < -0.3 is 9.13 Å². The first kappa shape index (κ1) is 51.2. The van der Waals surface area contributed by atoms with E-state index >= 15 is 0 Å². The highest BCUT2D eigenvalue weighted by Gasteiger charge is 2.38. The molecule has 0 atom stereocenters. The van der Waals surface area contributed by atoms with E-state index in [0.29, 0.717) is 11.1 Å². The van der Waals surface area contributed by atoms with E-state index in [2.05, 4.69) is 201 Å². The van der Waals surface area contributed by atoms with Crippen molar-refractivity contribution in [3.8, 4) is 45.8 Å². The van der Waals surface area contributed by atoms with Gasteiger partial charge in [-0.05, 0) is 171 Å². The van der Waals surface area contributed by atoms with E-state index in [9.17, 15) is 10.5 Å². The standard InChI is InChI=1S/C72H78N4/c1-69(2,3)51-31-35-59-55(39-51)56-40-52(70(4,5)6)32-36-60(56)75(59)67-64(49-27-23-45(43-73)24-28-49)63(47-19-15-13-16-20-47)65(50-29-25-46(44-74)26-30-50)68(66(67)48-21-17-14-18-22-48)76-61-37-33-53(71(7,8)9)41-57(61)58-42-54(72(10,11)12)34-38-62(58)76/h23-42,47-48H,13-22H2,1-12H3. The van der Waals surface area contributed by atoms with Gasteiger partial charge in [-0.1, -0.05) is 170 Å². The fourth-order valence-corrected chi connectivity index (χ4v) is 13.2. The summed E-state index contributed by atoms with van der Waals surface area (Å²) >= 11 is 0. The minimum atomic E-state index is -0.0501. The molecule has 11 rings (SSSR count). The fourth-order valence-electron chi connectivity index (χ4n) is 13.2. The molecule has 0 bridgehead atoms. The average molecular weight is 999 g/mol. The highest BCUT2D eigenvalue weighted by molar-refractivity contribution is 6.13. The van der Waals surface area contributed by atoms with Gasteiger partial charge in [-0.3, -0.25) is 0 Å². The van der Waals surface area contributed by atoms with Crippen LogP contribution in [-0.4, -0.2) is 9.13 Å². The molecule has 9 aromatic rings. The molecule has 0 aliphatic heterocycles. The quantitative estimate of drug-likeness (QED) is 0.167. The third kappa shape index (κ3) is 8.95. The lowest BCUT2D eigenvalue weighted by atomic mass is 9.72. The van der Waals surface area contributed by atoms with E-state index < -0.39 is 0 Å². The van der Waals surface area contributed by atoms with Gasteiger partial charge in [0.15, 0.2) is 0 Å². The molecule has 2 heterocycles. The van der Waals surface area contributed by atoms with Crippen LogP contribution in [0, 0.1) is 22.7 Å². The normalized spacial score (nSPS) is 15.5. The molecule has 4 heteroatoms. The lowest BCUT2D eigenvalue weighted by molar-refractivity contribution is 0.439. The predicted molar refractivity (Wildman–Crippen MR) is 322 cm³/mol. The van der Waals surface area contributed by atoms with Crippen molar-refractivity contribution in [1.82, 2.24) is 9.13 Å². The van der Waals surface area contributed by atoms with Crippen LogP contribution in [0.2, 0.25) is 0 Å². The summed E-state index contributed by atoms with van der Waals surface area (Å²) in [5, 5.41) is 25.9. The Morgan fingerprint density at radius 2 is 0.632 bits per heavy atom. The van der Waals surface area contributed by atoms with Crippen molar-refractivity contribution in [2.45, 2.75) is 181 Å². The minimum absolute atomic E-state index is 0.0501. The molecule has 2 aliphatic carbocycles. The zero-order valence-electron chi connectivity index (χ0n) is 47.6. The van der Waals surface area contributed by atoms with Crippen molar-refractivity contribution < 1.29 is 0 Å². The van der Waals surface area contributed by atoms with E-state index in [0.717, 1.165) is 36.8 Å². The number of nitriles is 2. The first-order valence-electron chi connectivity index (χ1n) is 28.6. The molecule has 0 radical (unpaired) electrons. The highest BCUT2D eigenvalue weighted by Crippen LogP contribution is 2.56. The molecule has 7 aromatic carbocycles. The van der Waals surface area contributed by atoms with Gasteiger partial charge in [0.05, 0.1) is 56.7 Å². The number of hydrogen-bond donors (Lipinski definition) is 0. The van der Waals surface area contributed by atoms with Crippen molar-refractivity contribution in [3.05, 3.63) is 166 Å². The van der Waals surface area contributed by atoms with Gasteiger partial charge in [-0.25, -0.2) is 0 Å². The third-order valence-electron chi connectivity index (χ3n) is 17.6. The molecule has 2 aromatic heterocycles. The summed E-state index contributed by atoms with van der Waals surface area (Å²) in [4.78, 5) is 0. The largest absolute Gasteiger partial charge is 0.308 e. The molecule has 4 nitrogen and oxygen atoms in total. The molecule has 0 unspecified atom stereocenters. The zero-order chi connectivity index (χ0) is 53.6. The molecule has 0 spiro atoms. The fraction of sp³-hybridized carbons (Fsp3) is 0.389. The summed E-state index contributed by atoms with van der Waals surface area (Å²) < 4.78 is 5.45. The molecule has 0 amide bonds. The van der Waals surface area contributed by atoms with E-state index in [1.807, 2.05) is 24.3 Å². The topological polar surface area (TPSA) is 57.4 Å². The first-order chi connectivity index (χ1) is 36.1. The second-order valence-electron chi connectivity index (χ2n) is 26.9. The molecule has 2 saturated carbocycles. The van der Waals surface area contributed by atoms with Crippen LogP contribution in [0.4, 0.5) is 0 Å². The average Bonchev–Trinajstić information content (AvgIpc) is 3.94. The van der Waals surface area contributed by atoms with Gasteiger partial charge in [0.1, 0.15) is 0 Å². The van der Waals surface area contributed by atoms with Gasteiger partial charge in [0, 0.05) is 38.2 Å². The van der Waals surface area contributed by atoms with Crippen LogP contribution < -0.4 is 0 Å². The van der Waals surface area contributed by atoms with Crippen LogP contribution in [0.25, 0.3) is 77.2 Å². The number of benzene rings is 7. The second-order valence-corrected chi connectivity index (χ2v) is 26.9. The summed E-state index contributed by atoms with van der Waals surface area (Å²) in [6.45, 7) is 28.0. The lowest BCUT2D eigenvalue weighted by Crippen LogP contribution is -2.20. The second kappa shape index (κ2) is 19.0. The van der Waals surface area contributed by atoms with Crippen molar-refractivity contribution in [1.29, 1.82) is 10.5 Å². The lowest BCUT2D eigenvalue weighted by Gasteiger charge is -2.37. The summed E-state index contributed by atoms with van der Waals surface area (Å²) in [5.74, 6) is 0.489. The van der Waals surface area contributed by atoms with E-state index in [1.54, 1.807) is 0 Å². The Balaban J connectivity index is 1.46. The molecule has 2 fully saturated rings. The number of fused-ring (bicyclic) bond motifs is 6. The third-order valence-corrected chi connectivity index (χ3v) is 17.6. The Bertz CT molecular complexity index is 3420. The number of rotatable bonds is 6. The molecule has 386 valence electrons. The van der Waals surface area contributed by atoms with E-state index in [-0.39, 0.29) is 33.5 Å². The van der Waals surface area contributed by atoms with E-state index in [1.165, 1.54) is 138 Å². The Kier molecular flexibility index (Phi) is 12.8. The van der Waals surface area contributed by atoms with Crippen LogP contribution in [0.1, 0.15) is 204 Å². The molecule has 0 saturated heterocycles. The maximum Gasteiger partial charge on any atom is 0.0991 e. The zero-order valence-corrected chi connectivity index (χ0v) is 47.6. The molecule has 2 aliphatic rings. The Morgan fingerprint density at radius 3 is 0.895 bits per heavy atom. The van der Waals surface area contributed by atoms with Crippen molar-refractivity contribution >= 4 is 43.6 Å². The number of aromatic nitrogens is 2. The smallest absolute Gasteiger partial charge is 0.0991 e. The van der Waals surface area contributed by atoms with Crippen LogP contribution in [0.3, 0.4) is 0 Å². The predicted octanol–water partition coefficient (Wildman–Crippen LogP) is 20.2. The Morgan fingerprint density at radius 1 is 0.355 bits per heavy atom. The monoisotopic (exact) mass is 999 g/mol. The SMILES string of the molecule is CC(C)(C)c1ccc2c(c1)c1cc(C(C)(C)C)ccc1n2-c1c(-c2ccc(C#N)cc2)c(C2CCCCC2)c(-c2ccc(C#N)cc2)c(-n2c3ccc(C(C)(C)C)cc3c3cc(C(C)(C)C)ccc32)c1C1CCCCC1. The van der Waals surface area contributed by atoms with Crippen LogP contribution in [0.5, 0.6) is 0 Å². The summed E-state index contributed by atoms with van der Waals surface area (Å²) in [6, 6.07) is 51.5. The van der Waals surface area contributed by atoms with Crippen LogP contribution in [-0.2, 0) is 21.7 Å². The van der Waals surface area contributed by atoms with Crippen LogP contribution in [0.15, 0.2) is 121 Å². The summed E-state index contributed by atoms with van der Waals surface area (Å²) in [5.41, 5.74) is 21.5. The van der Waals surface area contributed by atoms with Gasteiger partial charge in [-0.15, -0.1) is 0 Å². The first-order valence-corrected chi connectivity index (χ1v) is 28.6. The Labute approximate surface area is 453 Å². The van der Waals surface area contributed by atoms with Crippen LogP contribution >= 0.6 is 0 Å². The maximum atomic E-state index is 10.4. The molecule has 0 N–H and O–H groups in total. The maximum absolute atomic E-state index is 10.4. The van der Waals surface area contributed by atoms with Gasteiger partial charge in [-0.2, -0.15) is 10.5 Å². The minimum Gasteiger partial charge on any atom is -0.308 e. The number of nitrogens with zero attached hydrogens (tertiary/aromatic N) is 4. The molecular weight excluding hydrogens is 921 g/mol. The van der Waals surface area contributed by atoms with Crippen molar-refractivity contribution in [2.75, 3.05) is 0 Å². The van der Waals surface area contributed by atoms with Gasteiger partial charge >= 0.3 is 0 Å². The van der Waals surface area contributed by atoms with Crippen molar-refractivity contribution in [3.63, 3.8) is 0 Å². The molecule has 76 heavy (non-hydrogen) atoms. The highest BCUT2D eigenvalue weighted by atomic mass is 15.0. The summed E-state index contributed by atoms with van der Waals surface area (Å²) in [6.07, 6.45) is 11.5. The van der Waals surface area contributed by atoms with Gasteiger partial charge in [0.2, 0.25) is 0 Å². The number of hydrogen-bond acceptors (Lipinski definition) is 2. The molecular formula is C72H78N4. The van der Waals surface area contributed by atoms with Crippen molar-refractivity contribution in [2.24, 2.45) is 0 Å². The Hall–Kier alpha value is -6.88. The summed E-state index contributed by atoms with van der Waals surface area (Å²) in [7, 11) is 0. The van der Waals surface area contributed by atoms with Gasteiger partial charge in [0.25, 0.3) is 0 Å².